The number of aryl methyl sites for hydroxylation is 1. The quantitative estimate of drug-likeness (QED) is 0.855. The molecule has 0 bridgehead atoms. The highest BCUT2D eigenvalue weighted by molar-refractivity contribution is 7.90. The first-order chi connectivity index (χ1) is 8.89. The van der Waals surface area contributed by atoms with Crippen LogP contribution in [0.3, 0.4) is 0 Å². The molecule has 0 aromatic heterocycles. The minimum Gasteiger partial charge on any atom is -0.336 e. The summed E-state index contributed by atoms with van der Waals surface area (Å²) in [6.07, 6.45) is 1.15. The van der Waals surface area contributed by atoms with Crippen LogP contribution in [0.4, 0.5) is 0 Å². The normalized spacial score (nSPS) is 16.4. The fourth-order valence-corrected chi connectivity index (χ4v) is 2.75. The van der Waals surface area contributed by atoms with Crippen molar-refractivity contribution in [2.75, 3.05) is 32.4 Å². The zero-order valence-corrected chi connectivity index (χ0v) is 12.0. The molecule has 0 saturated carbocycles. The highest BCUT2D eigenvalue weighted by atomic mass is 32.2. The standard InChI is InChI=1S/C13H18N2O3S/c1-10-3-4-11(19(2,17)18)9-12(10)13(16)15-7-5-14-6-8-15/h3-4,9,14H,5-8H2,1-2H3. The van der Waals surface area contributed by atoms with E-state index in [1.807, 2.05) is 6.92 Å². The molecule has 1 N–H and O–H groups in total. The van der Waals surface area contributed by atoms with Gasteiger partial charge in [0.25, 0.3) is 5.91 Å². The summed E-state index contributed by atoms with van der Waals surface area (Å²) in [6.45, 7) is 4.68. The molecule has 0 aliphatic carbocycles. The summed E-state index contributed by atoms with van der Waals surface area (Å²) in [5.41, 5.74) is 1.28. The Morgan fingerprint density at radius 1 is 1.26 bits per heavy atom. The Hall–Kier alpha value is -1.40. The van der Waals surface area contributed by atoms with Crippen molar-refractivity contribution in [1.29, 1.82) is 0 Å². The van der Waals surface area contributed by atoms with Crippen LogP contribution in [0.5, 0.6) is 0 Å². The number of carbonyl (C=O) groups excluding carboxylic acids is 1. The molecule has 0 radical (unpaired) electrons. The highest BCUT2D eigenvalue weighted by Crippen LogP contribution is 2.17. The van der Waals surface area contributed by atoms with E-state index in [2.05, 4.69) is 5.32 Å². The number of hydrogen-bond donors (Lipinski definition) is 1. The van der Waals surface area contributed by atoms with Gasteiger partial charge >= 0.3 is 0 Å². The minimum atomic E-state index is -3.29. The molecule has 1 aliphatic heterocycles. The lowest BCUT2D eigenvalue weighted by atomic mass is 10.1. The van der Waals surface area contributed by atoms with E-state index in [9.17, 15) is 13.2 Å². The highest BCUT2D eigenvalue weighted by Gasteiger charge is 2.21. The van der Waals surface area contributed by atoms with Crippen molar-refractivity contribution < 1.29 is 13.2 Å². The Bertz CT molecular complexity index is 590. The number of nitrogens with zero attached hydrogens (tertiary/aromatic N) is 1. The molecule has 2 rings (SSSR count). The molecule has 1 aromatic rings. The molecule has 104 valence electrons. The Morgan fingerprint density at radius 3 is 2.47 bits per heavy atom. The molecule has 1 aromatic carbocycles. The Labute approximate surface area is 113 Å². The average Bonchev–Trinajstić information content (AvgIpc) is 2.38. The van der Waals surface area contributed by atoms with E-state index in [1.54, 1.807) is 17.0 Å². The first-order valence-corrected chi connectivity index (χ1v) is 8.09. The summed E-state index contributed by atoms with van der Waals surface area (Å²) in [4.78, 5) is 14.3. The molecule has 6 heteroatoms. The van der Waals surface area contributed by atoms with Gasteiger partial charge in [-0.3, -0.25) is 4.79 Å². The summed E-state index contributed by atoms with van der Waals surface area (Å²) >= 11 is 0. The second-order valence-electron chi connectivity index (χ2n) is 4.79. The topological polar surface area (TPSA) is 66.5 Å². The smallest absolute Gasteiger partial charge is 0.254 e. The molecule has 1 fully saturated rings. The number of rotatable bonds is 2. The number of sulfone groups is 1. The molecular weight excluding hydrogens is 264 g/mol. The van der Waals surface area contributed by atoms with Crippen molar-refractivity contribution >= 4 is 15.7 Å². The van der Waals surface area contributed by atoms with E-state index in [4.69, 9.17) is 0 Å². The number of carbonyl (C=O) groups is 1. The van der Waals surface area contributed by atoms with Crippen LogP contribution in [0.1, 0.15) is 15.9 Å². The number of benzene rings is 1. The predicted octanol–water partition coefficient (Wildman–Crippen LogP) is 0.444. The maximum Gasteiger partial charge on any atom is 0.254 e. The largest absolute Gasteiger partial charge is 0.336 e. The summed E-state index contributed by atoms with van der Waals surface area (Å²) in [6, 6.07) is 4.71. The summed E-state index contributed by atoms with van der Waals surface area (Å²) < 4.78 is 23.1. The second kappa shape index (κ2) is 5.30. The van der Waals surface area contributed by atoms with Crippen LogP contribution in [-0.4, -0.2) is 51.7 Å². The molecule has 1 amide bonds. The Kier molecular flexibility index (Phi) is 3.91. The van der Waals surface area contributed by atoms with E-state index in [0.717, 1.165) is 24.9 Å². The van der Waals surface area contributed by atoms with E-state index < -0.39 is 9.84 Å². The van der Waals surface area contributed by atoms with Gasteiger partial charge in [0.05, 0.1) is 4.90 Å². The number of hydrogen-bond acceptors (Lipinski definition) is 4. The first-order valence-electron chi connectivity index (χ1n) is 6.20. The zero-order chi connectivity index (χ0) is 14.0. The van der Waals surface area contributed by atoms with E-state index in [-0.39, 0.29) is 10.8 Å². The van der Waals surface area contributed by atoms with Crippen LogP contribution in [0.2, 0.25) is 0 Å². The van der Waals surface area contributed by atoms with Gasteiger partial charge in [-0.15, -0.1) is 0 Å². The third-order valence-electron chi connectivity index (χ3n) is 3.27. The Balaban J connectivity index is 2.35. The van der Waals surface area contributed by atoms with Gasteiger partial charge in [-0.1, -0.05) is 6.07 Å². The third-order valence-corrected chi connectivity index (χ3v) is 4.38. The van der Waals surface area contributed by atoms with Crippen LogP contribution in [0, 0.1) is 6.92 Å². The van der Waals surface area contributed by atoms with Gasteiger partial charge in [-0.25, -0.2) is 8.42 Å². The zero-order valence-electron chi connectivity index (χ0n) is 11.1. The number of amides is 1. The summed E-state index contributed by atoms with van der Waals surface area (Å²) in [5, 5.41) is 3.18. The molecule has 0 unspecified atom stereocenters. The lowest BCUT2D eigenvalue weighted by Crippen LogP contribution is -2.46. The van der Waals surface area contributed by atoms with Gasteiger partial charge in [0.1, 0.15) is 0 Å². The lowest BCUT2D eigenvalue weighted by molar-refractivity contribution is 0.0735. The fourth-order valence-electron chi connectivity index (χ4n) is 2.10. The molecule has 1 saturated heterocycles. The van der Waals surface area contributed by atoms with Crippen molar-refractivity contribution in [3.05, 3.63) is 29.3 Å². The van der Waals surface area contributed by atoms with Crippen molar-refractivity contribution in [2.24, 2.45) is 0 Å². The van der Waals surface area contributed by atoms with Gasteiger partial charge in [0, 0.05) is 38.0 Å². The number of nitrogens with one attached hydrogen (secondary N) is 1. The summed E-state index contributed by atoms with van der Waals surface area (Å²) in [7, 11) is -3.29. The van der Waals surface area contributed by atoms with E-state index >= 15 is 0 Å². The van der Waals surface area contributed by atoms with E-state index in [0.29, 0.717) is 18.7 Å². The van der Waals surface area contributed by atoms with Crippen molar-refractivity contribution in [3.8, 4) is 0 Å². The molecule has 1 aliphatic rings. The maximum absolute atomic E-state index is 12.4. The first kappa shape index (κ1) is 14.0. The predicted molar refractivity (Wildman–Crippen MR) is 73.1 cm³/mol. The van der Waals surface area contributed by atoms with E-state index in [1.165, 1.54) is 6.07 Å². The fraction of sp³-hybridized carbons (Fsp3) is 0.462. The molecular formula is C13H18N2O3S. The molecule has 0 atom stereocenters. The van der Waals surface area contributed by atoms with Crippen LogP contribution in [0.25, 0.3) is 0 Å². The van der Waals surface area contributed by atoms with Crippen molar-refractivity contribution in [1.82, 2.24) is 10.2 Å². The summed E-state index contributed by atoms with van der Waals surface area (Å²) in [5.74, 6) is -0.0931. The Morgan fingerprint density at radius 2 is 1.89 bits per heavy atom. The molecule has 5 nitrogen and oxygen atoms in total. The van der Waals surface area contributed by atoms with Crippen LogP contribution >= 0.6 is 0 Å². The molecule has 0 spiro atoms. The number of piperazine rings is 1. The second-order valence-corrected chi connectivity index (χ2v) is 6.81. The minimum absolute atomic E-state index is 0.0931. The van der Waals surface area contributed by atoms with Gasteiger partial charge in [-0.05, 0) is 24.6 Å². The van der Waals surface area contributed by atoms with Crippen LogP contribution in [-0.2, 0) is 9.84 Å². The SMILES string of the molecule is Cc1ccc(S(C)(=O)=O)cc1C(=O)N1CCNCC1. The maximum atomic E-state index is 12.4. The van der Waals surface area contributed by atoms with Crippen LogP contribution in [0.15, 0.2) is 23.1 Å². The van der Waals surface area contributed by atoms with Gasteiger partial charge < -0.3 is 10.2 Å². The van der Waals surface area contributed by atoms with Gasteiger partial charge in [0.15, 0.2) is 9.84 Å². The molecule has 1 heterocycles. The van der Waals surface area contributed by atoms with Gasteiger partial charge in [0.2, 0.25) is 0 Å². The average molecular weight is 282 g/mol. The lowest BCUT2D eigenvalue weighted by Gasteiger charge is -2.28. The van der Waals surface area contributed by atoms with Crippen LogP contribution < -0.4 is 5.32 Å². The monoisotopic (exact) mass is 282 g/mol. The van der Waals surface area contributed by atoms with Gasteiger partial charge in [-0.2, -0.15) is 0 Å². The third kappa shape index (κ3) is 3.13. The molecule has 19 heavy (non-hydrogen) atoms. The van der Waals surface area contributed by atoms with Crippen molar-refractivity contribution in [2.45, 2.75) is 11.8 Å². The van der Waals surface area contributed by atoms with Crippen molar-refractivity contribution in [3.63, 3.8) is 0 Å².